The first-order valence-electron chi connectivity index (χ1n) is 7.75. The average molecular weight is 310 g/mol. The van der Waals surface area contributed by atoms with Crippen molar-refractivity contribution in [3.8, 4) is 0 Å². The van der Waals surface area contributed by atoms with Crippen LogP contribution in [0, 0.1) is 0 Å². The minimum absolute atomic E-state index is 0.289. The van der Waals surface area contributed by atoms with Crippen LogP contribution in [0.3, 0.4) is 0 Å². The predicted octanol–water partition coefficient (Wildman–Crippen LogP) is 2.85. The molecule has 0 saturated heterocycles. The van der Waals surface area contributed by atoms with Gasteiger partial charge in [0.25, 0.3) is 0 Å². The Bertz CT molecular complexity index is 596. The van der Waals surface area contributed by atoms with Gasteiger partial charge in [-0.15, -0.1) is 0 Å². The highest BCUT2D eigenvalue weighted by Gasteiger charge is 2.30. The highest BCUT2D eigenvalue weighted by molar-refractivity contribution is 7.93. The van der Waals surface area contributed by atoms with E-state index >= 15 is 0 Å². The van der Waals surface area contributed by atoms with E-state index in [1.54, 1.807) is 18.2 Å². The number of nitrogens with zero attached hydrogens (tertiary/aromatic N) is 1. The smallest absolute Gasteiger partial charge is 0.237 e. The molecule has 0 amide bonds. The monoisotopic (exact) mass is 310 g/mol. The third kappa shape index (κ3) is 3.24. The van der Waals surface area contributed by atoms with Gasteiger partial charge in [-0.05, 0) is 57.4 Å². The van der Waals surface area contributed by atoms with Gasteiger partial charge < -0.3 is 5.32 Å². The maximum absolute atomic E-state index is 12.5. The van der Waals surface area contributed by atoms with Crippen LogP contribution in [-0.4, -0.2) is 26.8 Å². The van der Waals surface area contributed by atoms with Crippen LogP contribution in [0.5, 0.6) is 0 Å². The number of hydrogen-bond donors (Lipinski definition) is 1. The van der Waals surface area contributed by atoms with Gasteiger partial charge in [-0.1, -0.05) is 19.1 Å². The summed E-state index contributed by atoms with van der Waals surface area (Å²) in [5.41, 5.74) is 3.23. The normalized spacial score (nSPS) is 16.9. The van der Waals surface area contributed by atoms with Crippen LogP contribution >= 0.6 is 0 Å². The molecule has 1 heterocycles. The summed E-state index contributed by atoms with van der Waals surface area (Å²) in [7, 11) is -3.24. The van der Waals surface area contributed by atoms with E-state index < -0.39 is 10.0 Å². The van der Waals surface area contributed by atoms with E-state index in [0.29, 0.717) is 6.54 Å². The molecule has 0 spiro atoms. The first-order valence-corrected chi connectivity index (χ1v) is 9.26. The van der Waals surface area contributed by atoms with Crippen LogP contribution in [0.4, 0.5) is 5.69 Å². The van der Waals surface area contributed by atoms with Gasteiger partial charge in [0, 0.05) is 12.6 Å². The summed E-state index contributed by atoms with van der Waals surface area (Å²) in [6.07, 6.45) is 1.84. The third-order valence-corrected chi connectivity index (χ3v) is 6.28. The molecule has 5 heteroatoms. The number of sulfonamides is 1. The van der Waals surface area contributed by atoms with E-state index in [1.165, 1.54) is 5.56 Å². The van der Waals surface area contributed by atoms with Gasteiger partial charge in [-0.3, -0.25) is 4.31 Å². The molecule has 1 unspecified atom stereocenters. The summed E-state index contributed by atoms with van der Waals surface area (Å²) >= 11 is 0. The van der Waals surface area contributed by atoms with Crippen molar-refractivity contribution in [2.45, 2.75) is 51.8 Å². The fraction of sp³-hybridized carbons (Fsp3) is 0.625. The number of aryl methyl sites for hydroxylation is 1. The van der Waals surface area contributed by atoms with E-state index in [1.807, 2.05) is 12.1 Å². The maximum Gasteiger partial charge on any atom is 0.237 e. The molecule has 0 aromatic heterocycles. The lowest BCUT2D eigenvalue weighted by Crippen LogP contribution is -2.39. The predicted molar refractivity (Wildman–Crippen MR) is 88.3 cm³/mol. The van der Waals surface area contributed by atoms with E-state index in [2.05, 4.69) is 25.2 Å². The zero-order valence-corrected chi connectivity index (χ0v) is 14.2. The Morgan fingerprint density at radius 1 is 1.29 bits per heavy atom. The summed E-state index contributed by atoms with van der Waals surface area (Å²) < 4.78 is 26.6. The molecule has 1 atom stereocenters. The Morgan fingerprint density at radius 2 is 2.00 bits per heavy atom. The second kappa shape index (κ2) is 6.36. The molecule has 1 aliphatic heterocycles. The number of fused-ring (bicyclic) bond motifs is 1. The minimum Gasteiger partial charge on any atom is -0.310 e. The van der Waals surface area contributed by atoms with Crippen molar-refractivity contribution < 1.29 is 8.42 Å². The van der Waals surface area contributed by atoms with E-state index in [0.717, 1.165) is 30.6 Å². The molecule has 0 radical (unpaired) electrons. The molecule has 0 fully saturated rings. The number of rotatable bonds is 5. The Hall–Kier alpha value is -1.07. The summed E-state index contributed by atoms with van der Waals surface area (Å²) in [5.74, 6) is 0. The van der Waals surface area contributed by atoms with Crippen molar-refractivity contribution in [3.05, 3.63) is 29.3 Å². The molecule has 118 valence electrons. The van der Waals surface area contributed by atoms with Gasteiger partial charge in [0.05, 0.1) is 10.9 Å². The fourth-order valence-corrected chi connectivity index (χ4v) is 4.14. The van der Waals surface area contributed by atoms with Gasteiger partial charge >= 0.3 is 0 Å². The third-order valence-electron chi connectivity index (χ3n) is 4.09. The average Bonchev–Trinajstić information content (AvgIpc) is 2.46. The first-order chi connectivity index (χ1) is 9.87. The van der Waals surface area contributed by atoms with Crippen LogP contribution in [-0.2, 0) is 16.4 Å². The van der Waals surface area contributed by atoms with Gasteiger partial charge in [0.2, 0.25) is 10.0 Å². The number of anilines is 1. The molecule has 0 aliphatic carbocycles. The highest BCUT2D eigenvalue weighted by Crippen LogP contribution is 2.32. The lowest BCUT2D eigenvalue weighted by molar-refractivity contribution is 0.577. The molecule has 21 heavy (non-hydrogen) atoms. The lowest BCUT2D eigenvalue weighted by atomic mass is 9.98. The highest BCUT2D eigenvalue weighted by atomic mass is 32.2. The van der Waals surface area contributed by atoms with Gasteiger partial charge in [0.1, 0.15) is 0 Å². The number of hydrogen-bond acceptors (Lipinski definition) is 3. The summed E-state index contributed by atoms with van der Waals surface area (Å²) in [5, 5.41) is 3.01. The van der Waals surface area contributed by atoms with Gasteiger partial charge in [-0.25, -0.2) is 8.42 Å². The minimum atomic E-state index is -3.24. The maximum atomic E-state index is 12.5. The summed E-state index contributed by atoms with van der Waals surface area (Å²) in [6.45, 7) is 9.22. The van der Waals surface area contributed by atoms with E-state index in [4.69, 9.17) is 0 Å². The second-order valence-electron chi connectivity index (χ2n) is 5.94. The Kier molecular flexibility index (Phi) is 4.94. The zero-order valence-electron chi connectivity index (χ0n) is 13.4. The van der Waals surface area contributed by atoms with Crippen LogP contribution in [0.2, 0.25) is 0 Å². The molecule has 4 nitrogen and oxygen atoms in total. The number of benzene rings is 1. The van der Waals surface area contributed by atoms with Crippen molar-refractivity contribution in [3.63, 3.8) is 0 Å². The molecular formula is C16H26N2O2S. The molecule has 1 aromatic rings. The van der Waals surface area contributed by atoms with E-state index in [-0.39, 0.29) is 11.3 Å². The largest absolute Gasteiger partial charge is 0.310 e. The van der Waals surface area contributed by atoms with Crippen molar-refractivity contribution in [2.24, 2.45) is 0 Å². The van der Waals surface area contributed by atoms with Gasteiger partial charge in [0.15, 0.2) is 0 Å². The van der Waals surface area contributed by atoms with Crippen LogP contribution in [0.1, 0.15) is 51.3 Å². The van der Waals surface area contributed by atoms with Crippen LogP contribution < -0.4 is 9.62 Å². The molecular weight excluding hydrogens is 284 g/mol. The van der Waals surface area contributed by atoms with Crippen molar-refractivity contribution in [1.29, 1.82) is 0 Å². The van der Waals surface area contributed by atoms with Crippen molar-refractivity contribution in [2.75, 3.05) is 17.4 Å². The fourth-order valence-electron chi connectivity index (χ4n) is 2.79. The van der Waals surface area contributed by atoms with Gasteiger partial charge in [-0.2, -0.15) is 0 Å². The summed E-state index contributed by atoms with van der Waals surface area (Å²) in [6, 6.07) is 6.46. The van der Waals surface area contributed by atoms with Crippen molar-refractivity contribution >= 4 is 15.7 Å². The van der Waals surface area contributed by atoms with Crippen molar-refractivity contribution in [1.82, 2.24) is 5.32 Å². The zero-order chi connectivity index (χ0) is 15.6. The SMILES string of the molecule is CCNC(C)c1ccc2c(c1)CCCN2S(=O)(=O)C(C)C. The Morgan fingerprint density at radius 3 is 2.62 bits per heavy atom. The lowest BCUT2D eigenvalue weighted by Gasteiger charge is -2.32. The topological polar surface area (TPSA) is 49.4 Å². The van der Waals surface area contributed by atoms with Crippen LogP contribution in [0.25, 0.3) is 0 Å². The quantitative estimate of drug-likeness (QED) is 0.910. The van der Waals surface area contributed by atoms with Crippen LogP contribution in [0.15, 0.2) is 18.2 Å². The summed E-state index contributed by atoms with van der Waals surface area (Å²) in [4.78, 5) is 0. The number of nitrogens with one attached hydrogen (secondary N) is 1. The second-order valence-corrected chi connectivity index (χ2v) is 8.35. The molecule has 1 N–H and O–H groups in total. The standard InChI is InChI=1S/C16H26N2O2S/c1-5-17-13(4)14-8-9-16-15(11-14)7-6-10-18(16)21(19,20)12(2)3/h8-9,11-13,17H,5-7,10H2,1-4H3. The van der Waals surface area contributed by atoms with E-state index in [9.17, 15) is 8.42 Å². The Balaban J connectivity index is 2.37. The Labute approximate surface area is 128 Å². The first kappa shape index (κ1) is 16.3. The molecule has 1 aromatic carbocycles. The molecule has 2 rings (SSSR count). The molecule has 0 bridgehead atoms. The molecule has 0 saturated carbocycles. The molecule has 1 aliphatic rings.